The molecule has 1 amide bonds. The van der Waals surface area contributed by atoms with Crippen LogP contribution in [0.15, 0.2) is 12.2 Å². The lowest BCUT2D eigenvalue weighted by Gasteiger charge is -2.12. The number of carboxylic acids is 1. The van der Waals surface area contributed by atoms with Crippen molar-refractivity contribution in [2.24, 2.45) is 5.92 Å². The molecule has 0 aliphatic rings. The zero-order valence-electron chi connectivity index (χ0n) is 20.0. The zero-order valence-corrected chi connectivity index (χ0v) is 20.0. The van der Waals surface area contributed by atoms with Gasteiger partial charge in [-0.2, -0.15) is 0 Å². The smallest absolute Gasteiger partial charge is 0.307 e. The molecule has 5 heteroatoms. The Morgan fingerprint density at radius 2 is 1.43 bits per heavy atom. The molecule has 0 heterocycles. The number of hydrogen-bond acceptors (Lipinski definition) is 3. The van der Waals surface area contributed by atoms with Crippen molar-refractivity contribution in [3.63, 3.8) is 0 Å². The average Bonchev–Trinajstić information content (AvgIpc) is 2.70. The van der Waals surface area contributed by atoms with E-state index in [9.17, 15) is 14.7 Å². The second kappa shape index (κ2) is 20.9. The van der Waals surface area contributed by atoms with Gasteiger partial charge >= 0.3 is 5.97 Å². The second-order valence-corrected chi connectivity index (χ2v) is 8.78. The van der Waals surface area contributed by atoms with Crippen LogP contribution in [-0.2, 0) is 9.59 Å². The summed E-state index contributed by atoms with van der Waals surface area (Å²) in [6.45, 7) is 3.76. The number of rotatable bonds is 21. The van der Waals surface area contributed by atoms with Crippen molar-refractivity contribution in [1.82, 2.24) is 10.2 Å². The van der Waals surface area contributed by atoms with E-state index in [4.69, 9.17) is 0 Å². The molecule has 0 saturated carbocycles. The first kappa shape index (κ1) is 28.6. The normalized spacial score (nSPS) is 12.5. The van der Waals surface area contributed by atoms with Crippen LogP contribution < -0.4 is 5.32 Å². The van der Waals surface area contributed by atoms with E-state index in [1.165, 1.54) is 64.2 Å². The number of unbranched alkanes of at least 4 members (excludes halogenated alkanes) is 11. The van der Waals surface area contributed by atoms with E-state index in [1.54, 1.807) is 0 Å². The van der Waals surface area contributed by atoms with E-state index < -0.39 is 11.9 Å². The van der Waals surface area contributed by atoms with E-state index in [-0.39, 0.29) is 12.3 Å². The Bertz CT molecular complexity index is 450. The first-order valence-electron chi connectivity index (χ1n) is 12.3. The number of nitrogens with one attached hydrogen (secondary N) is 1. The number of allylic oxidation sites excluding steroid dienone is 2. The van der Waals surface area contributed by atoms with Crippen molar-refractivity contribution < 1.29 is 14.7 Å². The van der Waals surface area contributed by atoms with Gasteiger partial charge in [0.05, 0.1) is 5.92 Å². The van der Waals surface area contributed by atoms with E-state index >= 15 is 0 Å². The maximum Gasteiger partial charge on any atom is 0.307 e. The van der Waals surface area contributed by atoms with Crippen molar-refractivity contribution >= 4 is 11.9 Å². The molecule has 0 aliphatic heterocycles. The van der Waals surface area contributed by atoms with Crippen LogP contribution in [0.3, 0.4) is 0 Å². The Morgan fingerprint density at radius 3 is 1.97 bits per heavy atom. The Morgan fingerprint density at radius 1 is 0.867 bits per heavy atom. The fourth-order valence-corrected chi connectivity index (χ4v) is 3.50. The van der Waals surface area contributed by atoms with Gasteiger partial charge in [0.1, 0.15) is 0 Å². The highest BCUT2D eigenvalue weighted by molar-refractivity contribution is 5.82. The Hall–Kier alpha value is -1.36. The van der Waals surface area contributed by atoms with E-state index in [1.807, 2.05) is 20.2 Å². The molecule has 5 nitrogen and oxygen atoms in total. The molecule has 0 radical (unpaired) electrons. The first-order valence-corrected chi connectivity index (χ1v) is 12.3. The lowest BCUT2D eigenvalue weighted by molar-refractivity contribution is -0.143. The van der Waals surface area contributed by atoms with Gasteiger partial charge in [-0.15, -0.1) is 0 Å². The largest absolute Gasteiger partial charge is 0.481 e. The first-order chi connectivity index (χ1) is 14.5. The quantitative estimate of drug-likeness (QED) is 0.181. The van der Waals surface area contributed by atoms with Gasteiger partial charge in [0.15, 0.2) is 0 Å². The van der Waals surface area contributed by atoms with E-state index in [2.05, 4.69) is 23.2 Å². The van der Waals surface area contributed by atoms with Crippen LogP contribution in [0.4, 0.5) is 0 Å². The minimum absolute atomic E-state index is 0.0556. The standard InChI is InChI=1S/C25H48N2O3/c1-4-5-6-7-8-9-10-11-12-13-14-15-16-17-19-23(25(29)30)22-24(28)26-20-18-21-27(2)3/h16-17,23H,4-15,18-22H2,1-3H3,(H,26,28)(H,29,30). The minimum Gasteiger partial charge on any atom is -0.481 e. The summed E-state index contributed by atoms with van der Waals surface area (Å²) in [5, 5.41) is 12.2. The molecule has 0 rings (SSSR count). The predicted octanol–water partition coefficient (Wildman–Crippen LogP) is 5.79. The maximum atomic E-state index is 11.9. The summed E-state index contributed by atoms with van der Waals surface area (Å²) in [7, 11) is 3.98. The SMILES string of the molecule is CCCCCCCCCCCCCC=CCC(CC(=O)NCCCN(C)C)C(=O)O. The molecule has 176 valence electrons. The van der Waals surface area contributed by atoms with Crippen molar-refractivity contribution in [3.05, 3.63) is 12.2 Å². The summed E-state index contributed by atoms with van der Waals surface area (Å²) in [5.41, 5.74) is 0. The van der Waals surface area contributed by atoms with Gasteiger partial charge in [0.25, 0.3) is 0 Å². The predicted molar refractivity (Wildman–Crippen MR) is 127 cm³/mol. The van der Waals surface area contributed by atoms with Crippen LogP contribution in [0.5, 0.6) is 0 Å². The molecule has 0 spiro atoms. The Balaban J connectivity index is 3.69. The zero-order chi connectivity index (χ0) is 22.5. The van der Waals surface area contributed by atoms with Gasteiger partial charge < -0.3 is 15.3 Å². The fourth-order valence-electron chi connectivity index (χ4n) is 3.50. The van der Waals surface area contributed by atoms with Gasteiger partial charge in [0, 0.05) is 13.0 Å². The summed E-state index contributed by atoms with van der Waals surface area (Å²) >= 11 is 0. The van der Waals surface area contributed by atoms with Gasteiger partial charge in [-0.3, -0.25) is 9.59 Å². The van der Waals surface area contributed by atoms with Crippen LogP contribution in [0, 0.1) is 5.92 Å². The van der Waals surface area contributed by atoms with E-state index in [0.29, 0.717) is 13.0 Å². The molecule has 0 aromatic heterocycles. The lowest BCUT2D eigenvalue weighted by atomic mass is 10.0. The topological polar surface area (TPSA) is 69.6 Å². The highest BCUT2D eigenvalue weighted by atomic mass is 16.4. The Labute approximate surface area is 185 Å². The fraction of sp³-hybridized carbons (Fsp3) is 0.840. The second-order valence-electron chi connectivity index (χ2n) is 8.78. The molecule has 1 unspecified atom stereocenters. The summed E-state index contributed by atoms with van der Waals surface area (Å²) in [4.78, 5) is 25.4. The number of amides is 1. The molecule has 0 aliphatic carbocycles. The van der Waals surface area contributed by atoms with Gasteiger partial charge in [-0.1, -0.05) is 83.3 Å². The number of aliphatic carboxylic acids is 1. The number of carboxylic acid groups (broad SMARTS) is 1. The number of hydrogen-bond donors (Lipinski definition) is 2. The maximum absolute atomic E-state index is 11.9. The summed E-state index contributed by atoms with van der Waals surface area (Å²) in [6, 6.07) is 0. The molecule has 0 bridgehead atoms. The third-order valence-corrected chi connectivity index (χ3v) is 5.45. The molecule has 0 aromatic rings. The number of carbonyl (C=O) groups is 2. The summed E-state index contributed by atoms with van der Waals surface area (Å²) in [6.07, 6.45) is 21.0. The monoisotopic (exact) mass is 424 g/mol. The van der Waals surface area contributed by atoms with Gasteiger partial charge in [0.2, 0.25) is 5.91 Å². The molecular weight excluding hydrogens is 376 g/mol. The van der Waals surface area contributed by atoms with Crippen molar-refractivity contribution in [3.8, 4) is 0 Å². The third-order valence-electron chi connectivity index (χ3n) is 5.45. The molecule has 0 saturated heterocycles. The summed E-state index contributed by atoms with van der Waals surface area (Å²) in [5.74, 6) is -1.69. The van der Waals surface area contributed by atoms with Gasteiger partial charge in [-0.05, 0) is 46.3 Å². The molecule has 0 fully saturated rings. The average molecular weight is 425 g/mol. The molecule has 30 heavy (non-hydrogen) atoms. The highest BCUT2D eigenvalue weighted by Crippen LogP contribution is 2.13. The molecule has 0 aromatic carbocycles. The van der Waals surface area contributed by atoms with Crippen LogP contribution in [0.2, 0.25) is 0 Å². The lowest BCUT2D eigenvalue weighted by Crippen LogP contribution is -2.30. The van der Waals surface area contributed by atoms with Crippen LogP contribution in [-0.4, -0.2) is 49.1 Å². The van der Waals surface area contributed by atoms with Crippen molar-refractivity contribution in [1.29, 1.82) is 0 Å². The van der Waals surface area contributed by atoms with Crippen LogP contribution >= 0.6 is 0 Å². The van der Waals surface area contributed by atoms with Crippen LogP contribution in [0.25, 0.3) is 0 Å². The Kier molecular flexibility index (Phi) is 19.9. The molecule has 2 N–H and O–H groups in total. The van der Waals surface area contributed by atoms with Crippen molar-refractivity contribution in [2.75, 3.05) is 27.2 Å². The summed E-state index contributed by atoms with van der Waals surface area (Å²) < 4.78 is 0. The third kappa shape index (κ3) is 19.9. The van der Waals surface area contributed by atoms with Crippen molar-refractivity contribution in [2.45, 2.75) is 103 Å². The number of nitrogens with zero attached hydrogens (tertiary/aromatic N) is 1. The molecule has 1 atom stereocenters. The highest BCUT2D eigenvalue weighted by Gasteiger charge is 2.19. The minimum atomic E-state index is -0.891. The van der Waals surface area contributed by atoms with Gasteiger partial charge in [-0.25, -0.2) is 0 Å². The van der Waals surface area contributed by atoms with Crippen LogP contribution in [0.1, 0.15) is 103 Å². The number of carbonyl (C=O) groups excluding carboxylic acids is 1. The molecular formula is C25H48N2O3. The van der Waals surface area contributed by atoms with E-state index in [0.717, 1.165) is 25.8 Å².